The van der Waals surface area contributed by atoms with Gasteiger partial charge in [-0.15, -0.1) is 0 Å². The summed E-state index contributed by atoms with van der Waals surface area (Å²) in [6.45, 7) is 0.135. The molecule has 92 valence electrons. The smallest absolute Gasteiger partial charge is 0.239 e. The number of carbonyl (C=O) groups excluding carboxylic acids is 2. The van der Waals surface area contributed by atoms with Crippen molar-refractivity contribution in [3.8, 4) is 0 Å². The first-order valence-corrected chi connectivity index (χ1v) is 5.88. The molecule has 2 amide bonds. The highest BCUT2D eigenvalue weighted by Gasteiger charge is 2.03. The lowest BCUT2D eigenvalue weighted by Crippen LogP contribution is -2.37. The molecule has 6 heteroatoms. The summed E-state index contributed by atoms with van der Waals surface area (Å²) in [6, 6.07) is 7.47. The third-order valence-corrected chi connectivity index (χ3v) is 2.55. The fourth-order valence-corrected chi connectivity index (χ4v) is 1.34. The van der Waals surface area contributed by atoms with E-state index in [0.717, 1.165) is 10.2 Å². The highest BCUT2D eigenvalue weighted by molar-refractivity contribution is 9.10. The molecule has 1 aromatic rings. The Bertz CT molecular complexity index is 392. The van der Waals surface area contributed by atoms with Gasteiger partial charge in [0.2, 0.25) is 11.8 Å². The normalized spacial score (nSPS) is 9.53. The van der Waals surface area contributed by atoms with Crippen LogP contribution in [0, 0.1) is 0 Å². The van der Waals surface area contributed by atoms with Crippen LogP contribution in [0.15, 0.2) is 28.7 Å². The van der Waals surface area contributed by atoms with E-state index < -0.39 is 0 Å². The molecule has 0 aliphatic carbocycles. The predicted octanol–water partition coefficient (Wildman–Crippen LogP) is 0.723. The molecule has 1 aromatic carbocycles. The summed E-state index contributed by atoms with van der Waals surface area (Å²) in [5.41, 5.74) is 0.850. The Morgan fingerprint density at radius 3 is 2.35 bits per heavy atom. The molecule has 0 spiro atoms. The number of halogens is 1. The second-order valence-corrected chi connectivity index (χ2v) is 4.23. The topological polar surface area (TPSA) is 70.2 Å². The zero-order chi connectivity index (χ0) is 12.7. The van der Waals surface area contributed by atoms with Crippen molar-refractivity contribution in [2.24, 2.45) is 0 Å². The third kappa shape index (κ3) is 5.35. The quantitative estimate of drug-likeness (QED) is 0.750. The van der Waals surface area contributed by atoms with E-state index in [0.29, 0.717) is 0 Å². The second-order valence-electron chi connectivity index (χ2n) is 3.31. The molecule has 0 aromatic heterocycles. The van der Waals surface area contributed by atoms with E-state index in [9.17, 15) is 9.59 Å². The van der Waals surface area contributed by atoms with Gasteiger partial charge in [-0.2, -0.15) is 0 Å². The fourth-order valence-electron chi connectivity index (χ4n) is 1.08. The third-order valence-electron chi connectivity index (χ3n) is 2.02. The van der Waals surface area contributed by atoms with Crippen molar-refractivity contribution in [3.05, 3.63) is 28.7 Å². The van der Waals surface area contributed by atoms with Crippen molar-refractivity contribution in [3.63, 3.8) is 0 Å². The summed E-state index contributed by atoms with van der Waals surface area (Å²) in [7, 11) is 1.52. The van der Waals surface area contributed by atoms with E-state index >= 15 is 0 Å². The number of amides is 2. The summed E-state index contributed by atoms with van der Waals surface area (Å²) in [6.07, 6.45) is 0. The molecule has 0 radical (unpaired) electrons. The summed E-state index contributed by atoms with van der Waals surface area (Å²) < 4.78 is 0.979. The van der Waals surface area contributed by atoms with Gasteiger partial charge in [0.05, 0.1) is 13.1 Å². The lowest BCUT2D eigenvalue weighted by molar-refractivity contribution is -0.124. The number of benzene rings is 1. The molecule has 0 bridgehead atoms. The fraction of sp³-hybridized carbons (Fsp3) is 0.273. The Kier molecular flexibility index (Phi) is 5.48. The summed E-state index contributed by atoms with van der Waals surface area (Å²) in [4.78, 5) is 22.2. The van der Waals surface area contributed by atoms with E-state index in [-0.39, 0.29) is 24.9 Å². The van der Waals surface area contributed by atoms with E-state index in [1.54, 1.807) is 0 Å². The molecule has 0 fully saturated rings. The standard InChI is InChI=1S/C11H14BrN3O2/c1-13-10(16)6-15-11(17)7-14-9-4-2-8(12)3-5-9/h2-5,14H,6-7H2,1H3,(H,13,16)(H,15,17). The van der Waals surface area contributed by atoms with E-state index in [4.69, 9.17) is 0 Å². The minimum absolute atomic E-state index is 0.00263. The van der Waals surface area contributed by atoms with Crippen molar-refractivity contribution in [2.75, 3.05) is 25.5 Å². The SMILES string of the molecule is CNC(=O)CNC(=O)CNc1ccc(Br)cc1. The van der Waals surface area contributed by atoms with Crippen LogP contribution in [0.2, 0.25) is 0 Å². The van der Waals surface area contributed by atoms with Gasteiger partial charge in [-0.05, 0) is 24.3 Å². The first kappa shape index (κ1) is 13.5. The molecule has 0 saturated carbocycles. The molecular formula is C11H14BrN3O2. The Hall–Kier alpha value is -1.56. The largest absolute Gasteiger partial charge is 0.376 e. The van der Waals surface area contributed by atoms with Crippen LogP contribution in [0.3, 0.4) is 0 Å². The minimum atomic E-state index is -0.225. The summed E-state index contributed by atoms with van der Waals surface area (Å²) in [5, 5.41) is 7.86. The molecule has 1 rings (SSSR count). The first-order valence-electron chi connectivity index (χ1n) is 5.08. The zero-order valence-electron chi connectivity index (χ0n) is 9.42. The van der Waals surface area contributed by atoms with Crippen LogP contribution in [0.25, 0.3) is 0 Å². The van der Waals surface area contributed by atoms with Crippen LogP contribution in [0.5, 0.6) is 0 Å². The Labute approximate surface area is 108 Å². The maximum absolute atomic E-state index is 11.3. The van der Waals surface area contributed by atoms with Gasteiger partial charge in [0.15, 0.2) is 0 Å². The molecular weight excluding hydrogens is 286 g/mol. The highest BCUT2D eigenvalue weighted by atomic mass is 79.9. The maximum Gasteiger partial charge on any atom is 0.239 e. The zero-order valence-corrected chi connectivity index (χ0v) is 11.0. The number of nitrogens with one attached hydrogen (secondary N) is 3. The number of hydrogen-bond donors (Lipinski definition) is 3. The molecule has 0 atom stereocenters. The molecule has 17 heavy (non-hydrogen) atoms. The van der Waals surface area contributed by atoms with Crippen LogP contribution in [-0.4, -0.2) is 32.0 Å². The van der Waals surface area contributed by atoms with Crippen molar-refractivity contribution in [1.29, 1.82) is 0 Å². The average molecular weight is 300 g/mol. The molecule has 0 unspecified atom stereocenters. The van der Waals surface area contributed by atoms with Gasteiger partial charge in [0.1, 0.15) is 0 Å². The molecule has 0 aliphatic heterocycles. The van der Waals surface area contributed by atoms with Gasteiger partial charge < -0.3 is 16.0 Å². The van der Waals surface area contributed by atoms with Gasteiger partial charge in [-0.3, -0.25) is 9.59 Å². The number of hydrogen-bond acceptors (Lipinski definition) is 3. The number of anilines is 1. The van der Waals surface area contributed by atoms with Crippen molar-refractivity contribution in [1.82, 2.24) is 10.6 Å². The summed E-state index contributed by atoms with van der Waals surface area (Å²) in [5.74, 6) is -0.446. The van der Waals surface area contributed by atoms with Crippen LogP contribution in [-0.2, 0) is 9.59 Å². The van der Waals surface area contributed by atoms with Crippen LogP contribution >= 0.6 is 15.9 Å². The highest BCUT2D eigenvalue weighted by Crippen LogP contribution is 2.13. The van der Waals surface area contributed by atoms with E-state index in [2.05, 4.69) is 31.9 Å². The Morgan fingerprint density at radius 1 is 1.12 bits per heavy atom. The van der Waals surface area contributed by atoms with Crippen LogP contribution < -0.4 is 16.0 Å². The lowest BCUT2D eigenvalue weighted by atomic mass is 10.3. The van der Waals surface area contributed by atoms with E-state index in [1.807, 2.05) is 24.3 Å². The predicted molar refractivity (Wildman–Crippen MR) is 69.7 cm³/mol. The minimum Gasteiger partial charge on any atom is -0.376 e. The van der Waals surface area contributed by atoms with Crippen LogP contribution in [0.4, 0.5) is 5.69 Å². The van der Waals surface area contributed by atoms with Crippen molar-refractivity contribution < 1.29 is 9.59 Å². The first-order chi connectivity index (χ1) is 8.11. The lowest BCUT2D eigenvalue weighted by Gasteiger charge is -2.07. The Morgan fingerprint density at radius 2 is 1.76 bits per heavy atom. The Balaban J connectivity index is 2.28. The van der Waals surface area contributed by atoms with Crippen molar-refractivity contribution >= 4 is 33.4 Å². The average Bonchev–Trinajstić information content (AvgIpc) is 2.35. The molecule has 5 nitrogen and oxygen atoms in total. The van der Waals surface area contributed by atoms with Gasteiger partial charge in [-0.25, -0.2) is 0 Å². The molecule has 0 heterocycles. The summed E-state index contributed by atoms with van der Waals surface area (Å²) >= 11 is 3.32. The molecule has 3 N–H and O–H groups in total. The molecule has 0 saturated heterocycles. The van der Waals surface area contributed by atoms with Gasteiger partial charge in [0.25, 0.3) is 0 Å². The van der Waals surface area contributed by atoms with E-state index in [1.165, 1.54) is 7.05 Å². The monoisotopic (exact) mass is 299 g/mol. The van der Waals surface area contributed by atoms with Gasteiger partial charge >= 0.3 is 0 Å². The van der Waals surface area contributed by atoms with Crippen LogP contribution in [0.1, 0.15) is 0 Å². The molecule has 0 aliphatic rings. The van der Waals surface area contributed by atoms with Gasteiger partial charge in [-0.1, -0.05) is 15.9 Å². The number of rotatable bonds is 5. The number of likely N-dealkylation sites (N-methyl/N-ethyl adjacent to an activating group) is 1. The van der Waals surface area contributed by atoms with Gasteiger partial charge in [0, 0.05) is 17.2 Å². The maximum atomic E-state index is 11.3. The second kappa shape index (κ2) is 6.90. The number of carbonyl (C=O) groups is 2. The van der Waals surface area contributed by atoms with Crippen molar-refractivity contribution in [2.45, 2.75) is 0 Å².